The van der Waals surface area contributed by atoms with Crippen molar-refractivity contribution in [1.29, 1.82) is 0 Å². The van der Waals surface area contributed by atoms with E-state index in [-0.39, 0.29) is 24.9 Å². The topological polar surface area (TPSA) is 134 Å². The van der Waals surface area contributed by atoms with E-state index in [1.165, 1.54) is 23.5 Å². The number of amides is 2. The highest BCUT2D eigenvalue weighted by molar-refractivity contribution is 7.86. The molecule has 2 atom stereocenters. The van der Waals surface area contributed by atoms with Crippen LogP contribution >= 0.6 is 0 Å². The molecule has 11 heteroatoms. The molecule has 1 aromatic rings. The Balaban J connectivity index is 2.03. The van der Waals surface area contributed by atoms with Crippen molar-refractivity contribution in [1.82, 2.24) is 14.5 Å². The number of rotatable bonds is 8. The second-order valence-electron chi connectivity index (χ2n) is 5.98. The van der Waals surface area contributed by atoms with E-state index in [0.29, 0.717) is 19.4 Å². The van der Waals surface area contributed by atoms with Crippen molar-refractivity contribution < 1.29 is 26.9 Å². The minimum Gasteiger partial charge on any atom is -0.445 e. The summed E-state index contributed by atoms with van der Waals surface area (Å²) in [6.07, 6.45) is 5.08. The summed E-state index contributed by atoms with van der Waals surface area (Å²) in [6, 6.07) is -0.279. The van der Waals surface area contributed by atoms with Crippen molar-refractivity contribution in [3.05, 3.63) is 30.9 Å². The van der Waals surface area contributed by atoms with Crippen molar-refractivity contribution >= 4 is 22.1 Å². The fourth-order valence-electron chi connectivity index (χ4n) is 2.81. The van der Waals surface area contributed by atoms with Gasteiger partial charge in [-0.3, -0.25) is 8.98 Å². The van der Waals surface area contributed by atoms with Crippen LogP contribution in [0.4, 0.5) is 4.79 Å². The average molecular weight is 386 g/mol. The Morgan fingerprint density at radius 2 is 2.23 bits per heavy atom. The molecule has 2 N–H and O–H groups in total. The predicted molar refractivity (Wildman–Crippen MR) is 91.7 cm³/mol. The second-order valence-corrected chi connectivity index (χ2v) is 7.58. The lowest BCUT2D eigenvalue weighted by molar-refractivity contribution is 0.0995. The number of carbonyl (C=O) groups excluding carboxylic acids is 2. The number of primary amides is 1. The van der Waals surface area contributed by atoms with Gasteiger partial charge in [0, 0.05) is 18.8 Å². The van der Waals surface area contributed by atoms with Crippen LogP contribution in [0.3, 0.4) is 0 Å². The summed E-state index contributed by atoms with van der Waals surface area (Å²) in [7, 11) is -3.63. The number of imidazole rings is 1. The summed E-state index contributed by atoms with van der Waals surface area (Å²) in [6.45, 7) is 4.12. The first-order chi connectivity index (χ1) is 12.2. The van der Waals surface area contributed by atoms with Crippen molar-refractivity contribution in [3.63, 3.8) is 0 Å². The minimum absolute atomic E-state index is 0.0587. The fourth-order valence-corrected chi connectivity index (χ4v) is 3.44. The highest BCUT2D eigenvalue weighted by Gasteiger charge is 2.38. The number of nitrogens with zero attached hydrogens (tertiary/aromatic N) is 3. The quantitative estimate of drug-likeness (QED) is 0.495. The van der Waals surface area contributed by atoms with Crippen molar-refractivity contribution in [2.24, 2.45) is 5.73 Å². The smallest absolute Gasteiger partial charge is 0.410 e. The van der Waals surface area contributed by atoms with Gasteiger partial charge in [-0.25, -0.2) is 9.78 Å². The third-order valence-corrected chi connectivity index (χ3v) is 4.47. The Morgan fingerprint density at radius 3 is 2.81 bits per heavy atom. The molecular weight excluding hydrogens is 364 g/mol. The zero-order chi connectivity index (χ0) is 19.3. The zero-order valence-corrected chi connectivity index (χ0v) is 15.2. The number of aromatic nitrogens is 2. The maximum absolute atomic E-state index is 12.2. The first-order valence-corrected chi connectivity index (χ1v) is 9.75. The Kier molecular flexibility index (Phi) is 6.37. The lowest BCUT2D eigenvalue weighted by Gasteiger charge is -2.23. The standard InChI is InChI=1S/C15H22N4O6S/c1-3-6-24-15(21)19-8-12(25-26(2,22)23)7-11(19)4-5-18-9-13(14(16)20)17-10-18/h3,9-12H,1,4-8H2,2H3,(H2,16,20)/t11-,12-/m1/s1. The molecule has 2 amide bonds. The molecule has 0 spiro atoms. The monoisotopic (exact) mass is 386 g/mol. The van der Waals surface area contributed by atoms with Gasteiger partial charge >= 0.3 is 6.09 Å². The second kappa shape index (κ2) is 8.32. The van der Waals surface area contributed by atoms with Gasteiger partial charge in [-0.05, 0) is 12.8 Å². The van der Waals surface area contributed by atoms with Gasteiger partial charge in [0.15, 0.2) is 0 Å². The van der Waals surface area contributed by atoms with Gasteiger partial charge in [0.25, 0.3) is 16.0 Å². The number of hydrogen-bond acceptors (Lipinski definition) is 7. The van der Waals surface area contributed by atoms with E-state index >= 15 is 0 Å². The lowest BCUT2D eigenvalue weighted by atomic mass is 10.1. The van der Waals surface area contributed by atoms with E-state index in [1.54, 1.807) is 4.57 Å². The summed E-state index contributed by atoms with van der Waals surface area (Å²) in [4.78, 5) is 28.6. The molecule has 1 fully saturated rings. The molecule has 1 aliphatic heterocycles. The molecule has 26 heavy (non-hydrogen) atoms. The first-order valence-electron chi connectivity index (χ1n) is 7.93. The van der Waals surface area contributed by atoms with Crippen LogP contribution in [0.1, 0.15) is 23.3 Å². The summed E-state index contributed by atoms with van der Waals surface area (Å²) in [5.41, 5.74) is 5.31. The van der Waals surface area contributed by atoms with Gasteiger partial charge < -0.3 is 19.9 Å². The van der Waals surface area contributed by atoms with Crippen molar-refractivity contribution in [3.8, 4) is 0 Å². The molecule has 1 saturated heterocycles. The third-order valence-electron chi connectivity index (χ3n) is 3.85. The predicted octanol–water partition coefficient (Wildman–Crippen LogP) is 0.114. The molecule has 1 aromatic heterocycles. The van der Waals surface area contributed by atoms with E-state index in [0.717, 1.165) is 6.26 Å². The van der Waals surface area contributed by atoms with Gasteiger partial charge in [-0.1, -0.05) is 12.7 Å². The van der Waals surface area contributed by atoms with Crippen molar-refractivity contribution in [2.75, 3.05) is 19.4 Å². The molecule has 0 unspecified atom stereocenters. The molecule has 10 nitrogen and oxygen atoms in total. The molecule has 2 rings (SSSR count). The Labute approximate surface area is 151 Å². The van der Waals surface area contributed by atoms with Gasteiger partial charge in [-0.2, -0.15) is 8.42 Å². The number of carbonyl (C=O) groups is 2. The molecule has 1 aliphatic rings. The molecule has 0 saturated carbocycles. The number of likely N-dealkylation sites (tertiary alicyclic amines) is 1. The minimum atomic E-state index is -3.63. The van der Waals surface area contributed by atoms with Gasteiger partial charge in [0.2, 0.25) is 0 Å². The number of nitrogens with two attached hydrogens (primary N) is 1. The molecule has 0 aromatic carbocycles. The van der Waals surface area contributed by atoms with E-state index in [2.05, 4.69) is 11.6 Å². The largest absolute Gasteiger partial charge is 0.445 e. The van der Waals surface area contributed by atoms with Crippen LogP contribution in [0, 0.1) is 0 Å². The highest BCUT2D eigenvalue weighted by Crippen LogP contribution is 2.25. The fraction of sp³-hybridized carbons (Fsp3) is 0.533. The zero-order valence-electron chi connectivity index (χ0n) is 14.4. The summed E-state index contributed by atoms with van der Waals surface area (Å²) in [5, 5.41) is 0. The normalized spacial score (nSPS) is 20.1. The molecule has 144 valence electrons. The molecule has 0 radical (unpaired) electrons. The van der Waals surface area contributed by atoms with Crippen LogP contribution in [0.2, 0.25) is 0 Å². The molecular formula is C15H22N4O6S. The van der Waals surface area contributed by atoms with Crippen LogP contribution in [0.15, 0.2) is 25.2 Å². The van der Waals surface area contributed by atoms with Crippen LogP contribution < -0.4 is 5.73 Å². The first kappa shape index (κ1) is 19.9. The summed E-state index contributed by atoms with van der Waals surface area (Å²) < 4.78 is 34.5. The Hall–Kier alpha value is -2.40. The number of hydrogen-bond donors (Lipinski definition) is 1. The molecule has 2 heterocycles. The van der Waals surface area contributed by atoms with Crippen LogP contribution in [-0.4, -0.2) is 66.4 Å². The highest BCUT2D eigenvalue weighted by atomic mass is 32.2. The number of ether oxygens (including phenoxy) is 1. The number of aryl methyl sites for hydroxylation is 1. The Morgan fingerprint density at radius 1 is 1.50 bits per heavy atom. The van der Waals surface area contributed by atoms with E-state index in [9.17, 15) is 18.0 Å². The van der Waals surface area contributed by atoms with Crippen LogP contribution in [0.25, 0.3) is 0 Å². The lowest BCUT2D eigenvalue weighted by Crippen LogP contribution is -2.37. The maximum Gasteiger partial charge on any atom is 0.410 e. The summed E-state index contributed by atoms with van der Waals surface area (Å²) in [5.74, 6) is -0.624. The third kappa shape index (κ3) is 5.56. The van der Waals surface area contributed by atoms with Crippen LogP contribution in [0.5, 0.6) is 0 Å². The Bertz CT molecular complexity index is 775. The van der Waals surface area contributed by atoms with E-state index < -0.39 is 28.2 Å². The van der Waals surface area contributed by atoms with Crippen LogP contribution in [-0.2, 0) is 25.6 Å². The van der Waals surface area contributed by atoms with E-state index in [4.69, 9.17) is 14.7 Å². The van der Waals surface area contributed by atoms with Gasteiger partial charge in [0.1, 0.15) is 12.3 Å². The molecule has 0 bridgehead atoms. The maximum atomic E-state index is 12.2. The SMILES string of the molecule is C=CCOC(=O)N1C[C@H](OS(C)(=O)=O)C[C@H]1CCn1cnc(C(N)=O)c1. The van der Waals surface area contributed by atoms with Gasteiger partial charge in [0.05, 0.1) is 25.2 Å². The average Bonchev–Trinajstić information content (AvgIpc) is 3.15. The molecule has 0 aliphatic carbocycles. The summed E-state index contributed by atoms with van der Waals surface area (Å²) >= 11 is 0. The van der Waals surface area contributed by atoms with Gasteiger partial charge in [-0.15, -0.1) is 0 Å². The van der Waals surface area contributed by atoms with E-state index in [1.807, 2.05) is 0 Å². The van der Waals surface area contributed by atoms with Crippen molar-refractivity contribution in [2.45, 2.75) is 31.5 Å².